The summed E-state index contributed by atoms with van der Waals surface area (Å²) in [4.78, 5) is 2.27. The molecule has 0 fully saturated rings. The summed E-state index contributed by atoms with van der Waals surface area (Å²) in [5.41, 5.74) is 1.28. The molecule has 0 radical (unpaired) electrons. The normalized spacial score (nSPS) is 17.0. The molecule has 1 atom stereocenters. The number of benzene rings is 1. The minimum Gasteiger partial charge on any atom is -0.396 e. The van der Waals surface area contributed by atoms with Crippen molar-refractivity contribution in [2.45, 2.75) is 12.5 Å². The molecule has 1 heterocycles. The Bertz CT molecular complexity index is 326. The van der Waals surface area contributed by atoms with E-state index < -0.39 is 0 Å². The van der Waals surface area contributed by atoms with Crippen LogP contribution in [0.25, 0.3) is 0 Å². The molecule has 0 bridgehead atoms. The Balaban J connectivity index is 2.15. The Morgan fingerprint density at radius 2 is 2.13 bits per heavy atom. The van der Waals surface area contributed by atoms with Crippen LogP contribution in [0, 0.1) is 0 Å². The molecular formula is C12H15NOS. The lowest BCUT2D eigenvalue weighted by Gasteiger charge is -2.27. The molecule has 0 amide bonds. The minimum atomic E-state index is 0.231. The summed E-state index contributed by atoms with van der Waals surface area (Å²) in [6.45, 7) is 0.231. The molecular weight excluding hydrogens is 206 g/mol. The number of aliphatic hydroxyl groups excluding tert-OH is 1. The monoisotopic (exact) mass is 221 g/mol. The van der Waals surface area contributed by atoms with E-state index in [1.54, 1.807) is 11.8 Å². The van der Waals surface area contributed by atoms with Gasteiger partial charge in [-0.1, -0.05) is 30.3 Å². The van der Waals surface area contributed by atoms with Crippen molar-refractivity contribution in [3.63, 3.8) is 0 Å². The van der Waals surface area contributed by atoms with Gasteiger partial charge in [0.25, 0.3) is 0 Å². The summed E-state index contributed by atoms with van der Waals surface area (Å²) in [7, 11) is 0. The molecule has 1 aliphatic rings. The minimum absolute atomic E-state index is 0.231. The Morgan fingerprint density at radius 3 is 2.73 bits per heavy atom. The predicted molar refractivity (Wildman–Crippen MR) is 64.3 cm³/mol. The number of rotatable bonds is 4. The zero-order valence-electron chi connectivity index (χ0n) is 8.54. The molecule has 0 aromatic heterocycles. The number of aliphatic hydroxyl groups is 1. The fraction of sp³-hybridized carbons (Fsp3) is 0.333. The van der Waals surface area contributed by atoms with Crippen molar-refractivity contribution in [3.05, 3.63) is 47.5 Å². The number of nitrogens with zero attached hydrogens (tertiary/aromatic N) is 1. The fourth-order valence-corrected chi connectivity index (χ4v) is 2.58. The van der Waals surface area contributed by atoms with E-state index in [0.717, 1.165) is 12.3 Å². The topological polar surface area (TPSA) is 23.5 Å². The van der Waals surface area contributed by atoms with Gasteiger partial charge in [-0.15, -0.1) is 11.8 Å². The van der Waals surface area contributed by atoms with Crippen molar-refractivity contribution >= 4 is 11.8 Å². The summed E-state index contributed by atoms with van der Waals surface area (Å²) in [6.07, 6.45) is 2.90. The molecule has 15 heavy (non-hydrogen) atoms. The van der Waals surface area contributed by atoms with Gasteiger partial charge in [0.05, 0.1) is 11.9 Å². The first-order valence-corrected chi connectivity index (χ1v) is 6.16. The zero-order valence-corrected chi connectivity index (χ0v) is 9.36. The van der Waals surface area contributed by atoms with Crippen molar-refractivity contribution in [3.8, 4) is 0 Å². The highest BCUT2D eigenvalue weighted by Crippen LogP contribution is 2.29. The van der Waals surface area contributed by atoms with Gasteiger partial charge in [0.15, 0.2) is 0 Å². The fourth-order valence-electron chi connectivity index (χ4n) is 1.81. The van der Waals surface area contributed by atoms with E-state index >= 15 is 0 Å². The molecule has 1 aliphatic heterocycles. The zero-order chi connectivity index (χ0) is 10.5. The standard InChI is InChI=1S/C12H15NOS/c14-8-6-12(13-7-9-15-10-13)11-4-2-1-3-5-11/h1-5,7,9,12,14H,6,8,10H2/t12-/m0/s1. The first-order chi connectivity index (χ1) is 7.42. The van der Waals surface area contributed by atoms with Gasteiger partial charge in [0.2, 0.25) is 0 Å². The van der Waals surface area contributed by atoms with Crippen molar-refractivity contribution in [2.75, 3.05) is 12.5 Å². The lowest BCUT2D eigenvalue weighted by molar-refractivity contribution is 0.222. The van der Waals surface area contributed by atoms with Gasteiger partial charge in [0, 0.05) is 12.8 Å². The maximum Gasteiger partial charge on any atom is 0.0681 e. The molecule has 3 heteroatoms. The largest absolute Gasteiger partial charge is 0.396 e. The Morgan fingerprint density at radius 1 is 1.33 bits per heavy atom. The third kappa shape index (κ3) is 2.55. The van der Waals surface area contributed by atoms with Crippen LogP contribution < -0.4 is 0 Å². The van der Waals surface area contributed by atoms with Crippen LogP contribution >= 0.6 is 11.8 Å². The predicted octanol–water partition coefficient (Wildman–Crippen LogP) is 2.59. The van der Waals surface area contributed by atoms with Gasteiger partial charge in [0.1, 0.15) is 0 Å². The first-order valence-electron chi connectivity index (χ1n) is 5.11. The van der Waals surface area contributed by atoms with Crippen LogP contribution in [0.1, 0.15) is 18.0 Å². The molecule has 0 unspecified atom stereocenters. The van der Waals surface area contributed by atoms with Crippen molar-refractivity contribution in [2.24, 2.45) is 0 Å². The summed E-state index contributed by atoms with van der Waals surface area (Å²) >= 11 is 1.79. The van der Waals surface area contributed by atoms with E-state index in [0.29, 0.717) is 6.04 Å². The van der Waals surface area contributed by atoms with Gasteiger partial charge in [-0.05, 0) is 17.4 Å². The molecule has 2 rings (SSSR count). The van der Waals surface area contributed by atoms with Gasteiger partial charge >= 0.3 is 0 Å². The highest BCUT2D eigenvalue weighted by atomic mass is 32.2. The summed E-state index contributed by atoms with van der Waals surface area (Å²) < 4.78 is 0. The summed E-state index contributed by atoms with van der Waals surface area (Å²) in [5.74, 6) is 0.986. The SMILES string of the molecule is OCC[C@@H](c1ccccc1)N1C=CSC1. The second kappa shape index (κ2) is 5.24. The third-order valence-corrected chi connectivity index (χ3v) is 3.32. The average Bonchev–Trinajstić information content (AvgIpc) is 2.80. The maximum atomic E-state index is 9.10. The number of hydrogen-bond acceptors (Lipinski definition) is 3. The molecule has 0 aliphatic carbocycles. The van der Waals surface area contributed by atoms with Gasteiger partial charge in [-0.25, -0.2) is 0 Å². The lowest BCUT2D eigenvalue weighted by atomic mass is 10.0. The highest BCUT2D eigenvalue weighted by Gasteiger charge is 2.18. The number of hydrogen-bond donors (Lipinski definition) is 1. The van der Waals surface area contributed by atoms with Crippen molar-refractivity contribution in [1.82, 2.24) is 4.90 Å². The van der Waals surface area contributed by atoms with Crippen LogP contribution in [0.15, 0.2) is 41.9 Å². The van der Waals surface area contributed by atoms with Gasteiger partial charge in [-0.3, -0.25) is 0 Å². The maximum absolute atomic E-state index is 9.10. The number of thioether (sulfide) groups is 1. The quantitative estimate of drug-likeness (QED) is 0.845. The summed E-state index contributed by atoms with van der Waals surface area (Å²) in [6, 6.07) is 10.7. The first kappa shape index (κ1) is 10.6. The Labute approximate surface area is 94.6 Å². The van der Waals surface area contributed by atoms with E-state index in [-0.39, 0.29) is 6.61 Å². The molecule has 2 nitrogen and oxygen atoms in total. The van der Waals surface area contributed by atoms with E-state index in [1.165, 1.54) is 5.56 Å². The van der Waals surface area contributed by atoms with E-state index in [4.69, 9.17) is 5.11 Å². The second-order valence-electron chi connectivity index (χ2n) is 3.53. The average molecular weight is 221 g/mol. The second-order valence-corrected chi connectivity index (χ2v) is 4.40. The van der Waals surface area contributed by atoms with Crippen LogP contribution in [-0.2, 0) is 0 Å². The van der Waals surface area contributed by atoms with Crippen LogP contribution in [-0.4, -0.2) is 22.5 Å². The molecule has 0 spiro atoms. The van der Waals surface area contributed by atoms with Gasteiger partial charge < -0.3 is 10.0 Å². The third-order valence-electron chi connectivity index (χ3n) is 2.56. The van der Waals surface area contributed by atoms with Crippen molar-refractivity contribution in [1.29, 1.82) is 0 Å². The highest BCUT2D eigenvalue weighted by molar-refractivity contribution is 8.02. The molecule has 80 valence electrons. The molecule has 0 saturated carbocycles. The van der Waals surface area contributed by atoms with Gasteiger partial charge in [-0.2, -0.15) is 0 Å². The van der Waals surface area contributed by atoms with Crippen LogP contribution in [0.5, 0.6) is 0 Å². The van der Waals surface area contributed by atoms with E-state index in [2.05, 4.69) is 28.6 Å². The van der Waals surface area contributed by atoms with Crippen molar-refractivity contribution < 1.29 is 5.11 Å². The summed E-state index contributed by atoms with van der Waals surface area (Å²) in [5, 5.41) is 11.2. The molecule has 1 aromatic carbocycles. The van der Waals surface area contributed by atoms with E-state index in [9.17, 15) is 0 Å². The van der Waals surface area contributed by atoms with E-state index in [1.807, 2.05) is 18.2 Å². The van der Waals surface area contributed by atoms with Crippen LogP contribution in [0.2, 0.25) is 0 Å². The molecule has 1 aromatic rings. The Hall–Kier alpha value is -0.930. The molecule has 0 saturated heterocycles. The van der Waals surface area contributed by atoms with Crippen LogP contribution in [0.4, 0.5) is 0 Å². The molecule has 1 N–H and O–H groups in total. The smallest absolute Gasteiger partial charge is 0.0681 e. The Kier molecular flexibility index (Phi) is 3.69. The lowest BCUT2D eigenvalue weighted by Crippen LogP contribution is -2.21. The van der Waals surface area contributed by atoms with Crippen LogP contribution in [0.3, 0.4) is 0 Å².